The van der Waals surface area contributed by atoms with E-state index in [0.29, 0.717) is 18.1 Å². The first-order valence-corrected chi connectivity index (χ1v) is 5.44. The van der Waals surface area contributed by atoms with Crippen molar-refractivity contribution in [1.29, 1.82) is 0 Å². The number of aldehydes is 1. The average Bonchev–Trinajstić information content (AvgIpc) is 2.85. The van der Waals surface area contributed by atoms with E-state index in [0.717, 1.165) is 38.2 Å². The van der Waals surface area contributed by atoms with Crippen LogP contribution >= 0.6 is 0 Å². The van der Waals surface area contributed by atoms with Gasteiger partial charge in [0.05, 0.1) is 12.6 Å². The maximum atomic E-state index is 10.3. The summed E-state index contributed by atoms with van der Waals surface area (Å²) in [7, 11) is 0. The van der Waals surface area contributed by atoms with Gasteiger partial charge in [-0.3, -0.25) is 0 Å². The van der Waals surface area contributed by atoms with Crippen molar-refractivity contribution in [2.45, 2.75) is 25.7 Å². The zero-order valence-corrected chi connectivity index (χ0v) is 8.98. The third kappa shape index (κ3) is 2.26. The normalized spacial score (nSPS) is 22.1. The quantitative estimate of drug-likeness (QED) is 0.698. The Labute approximate surface area is 89.3 Å². The van der Waals surface area contributed by atoms with E-state index >= 15 is 0 Å². The number of rotatable bonds is 4. The van der Waals surface area contributed by atoms with Crippen LogP contribution in [0.4, 0.5) is 0 Å². The van der Waals surface area contributed by atoms with E-state index in [4.69, 9.17) is 4.42 Å². The molecule has 82 valence electrons. The fourth-order valence-electron chi connectivity index (χ4n) is 2.01. The Bertz CT molecular complexity index is 335. The number of aromatic nitrogens is 1. The van der Waals surface area contributed by atoms with E-state index < -0.39 is 0 Å². The number of hydrogen-bond acceptors (Lipinski definition) is 4. The molecule has 1 atom stereocenters. The Morgan fingerprint density at radius 3 is 3.27 bits per heavy atom. The van der Waals surface area contributed by atoms with Crippen molar-refractivity contribution in [2.24, 2.45) is 0 Å². The SMILES string of the molecule is CCN1CCC(c2ncc(CC=O)o2)C1. The van der Waals surface area contributed by atoms with Gasteiger partial charge in [-0.05, 0) is 19.5 Å². The molecule has 1 aliphatic heterocycles. The maximum absolute atomic E-state index is 10.3. The predicted molar refractivity (Wildman–Crippen MR) is 55.7 cm³/mol. The summed E-state index contributed by atoms with van der Waals surface area (Å²) in [5, 5.41) is 0. The van der Waals surface area contributed by atoms with E-state index in [1.165, 1.54) is 0 Å². The molecular weight excluding hydrogens is 192 g/mol. The number of hydrogen-bond donors (Lipinski definition) is 0. The Hall–Kier alpha value is -1.16. The van der Waals surface area contributed by atoms with Gasteiger partial charge in [0.15, 0.2) is 5.89 Å². The van der Waals surface area contributed by atoms with Gasteiger partial charge < -0.3 is 14.1 Å². The molecule has 4 nitrogen and oxygen atoms in total. The summed E-state index contributed by atoms with van der Waals surface area (Å²) in [6.07, 6.45) is 3.95. The van der Waals surface area contributed by atoms with Gasteiger partial charge in [-0.25, -0.2) is 4.98 Å². The molecule has 0 amide bonds. The predicted octanol–water partition coefficient (Wildman–Crippen LogP) is 1.23. The lowest BCUT2D eigenvalue weighted by atomic mass is 10.1. The molecule has 1 aliphatic rings. The summed E-state index contributed by atoms with van der Waals surface area (Å²) < 4.78 is 5.53. The highest BCUT2D eigenvalue weighted by Gasteiger charge is 2.26. The summed E-state index contributed by atoms with van der Waals surface area (Å²) in [6, 6.07) is 0. The minimum absolute atomic E-state index is 0.331. The lowest BCUT2D eigenvalue weighted by Crippen LogP contribution is -2.19. The number of likely N-dealkylation sites (tertiary alicyclic amines) is 1. The number of likely N-dealkylation sites (N-methyl/N-ethyl adjacent to an activating group) is 1. The number of carbonyl (C=O) groups excluding carboxylic acids is 1. The first-order valence-electron chi connectivity index (χ1n) is 5.44. The molecule has 0 radical (unpaired) electrons. The van der Waals surface area contributed by atoms with Gasteiger partial charge in [0.2, 0.25) is 0 Å². The molecule has 1 saturated heterocycles. The molecule has 0 N–H and O–H groups in total. The second-order valence-corrected chi connectivity index (χ2v) is 3.91. The summed E-state index contributed by atoms with van der Waals surface area (Å²) in [4.78, 5) is 16.9. The molecule has 0 aromatic carbocycles. The van der Waals surface area contributed by atoms with Crippen molar-refractivity contribution in [3.05, 3.63) is 17.8 Å². The Morgan fingerprint density at radius 2 is 2.60 bits per heavy atom. The molecule has 1 unspecified atom stereocenters. The highest BCUT2D eigenvalue weighted by atomic mass is 16.4. The topological polar surface area (TPSA) is 46.3 Å². The van der Waals surface area contributed by atoms with Crippen molar-refractivity contribution in [3.63, 3.8) is 0 Å². The largest absolute Gasteiger partial charge is 0.445 e. The molecule has 1 fully saturated rings. The second-order valence-electron chi connectivity index (χ2n) is 3.91. The minimum atomic E-state index is 0.331. The molecular formula is C11H16N2O2. The lowest BCUT2D eigenvalue weighted by molar-refractivity contribution is -0.107. The van der Waals surface area contributed by atoms with Gasteiger partial charge in [-0.1, -0.05) is 6.92 Å². The van der Waals surface area contributed by atoms with E-state index in [2.05, 4.69) is 16.8 Å². The molecule has 1 aromatic heterocycles. The van der Waals surface area contributed by atoms with Crippen LogP contribution in [0.1, 0.15) is 30.9 Å². The molecule has 0 aliphatic carbocycles. The van der Waals surface area contributed by atoms with Crippen molar-refractivity contribution in [1.82, 2.24) is 9.88 Å². The van der Waals surface area contributed by atoms with Crippen molar-refractivity contribution in [3.8, 4) is 0 Å². The summed E-state index contributed by atoms with van der Waals surface area (Å²) >= 11 is 0. The third-order valence-electron chi connectivity index (χ3n) is 2.92. The highest BCUT2D eigenvalue weighted by molar-refractivity contribution is 5.52. The standard InChI is InChI=1S/C11H16N2O2/c1-2-13-5-3-9(8-13)11-12-7-10(15-11)4-6-14/h6-7,9H,2-5,8H2,1H3. The van der Waals surface area contributed by atoms with Gasteiger partial charge >= 0.3 is 0 Å². The zero-order valence-electron chi connectivity index (χ0n) is 8.98. The molecule has 0 spiro atoms. The van der Waals surface area contributed by atoms with Crippen LogP contribution in [0.25, 0.3) is 0 Å². The van der Waals surface area contributed by atoms with Crippen molar-refractivity contribution >= 4 is 6.29 Å². The lowest BCUT2D eigenvalue weighted by Gasteiger charge is -2.10. The van der Waals surface area contributed by atoms with Crippen LogP contribution in [0, 0.1) is 0 Å². The van der Waals surface area contributed by atoms with Crippen LogP contribution in [0.15, 0.2) is 10.6 Å². The smallest absolute Gasteiger partial charge is 0.198 e. The molecule has 15 heavy (non-hydrogen) atoms. The Balaban J connectivity index is 2.00. The van der Waals surface area contributed by atoms with E-state index in [-0.39, 0.29) is 0 Å². The van der Waals surface area contributed by atoms with Gasteiger partial charge in [-0.2, -0.15) is 0 Å². The minimum Gasteiger partial charge on any atom is -0.445 e. The fourth-order valence-corrected chi connectivity index (χ4v) is 2.01. The van der Waals surface area contributed by atoms with Crippen molar-refractivity contribution < 1.29 is 9.21 Å². The third-order valence-corrected chi connectivity index (χ3v) is 2.92. The monoisotopic (exact) mass is 208 g/mol. The molecule has 2 rings (SSSR count). The fraction of sp³-hybridized carbons (Fsp3) is 0.636. The summed E-state index contributed by atoms with van der Waals surface area (Å²) in [5.74, 6) is 1.88. The van der Waals surface area contributed by atoms with E-state index in [1.54, 1.807) is 6.20 Å². The average molecular weight is 208 g/mol. The summed E-state index contributed by atoms with van der Waals surface area (Å²) in [6.45, 7) is 5.39. The van der Waals surface area contributed by atoms with Crippen LogP contribution in [0.2, 0.25) is 0 Å². The van der Waals surface area contributed by atoms with Crippen LogP contribution < -0.4 is 0 Å². The molecule has 4 heteroatoms. The first-order chi connectivity index (χ1) is 7.33. The highest BCUT2D eigenvalue weighted by Crippen LogP contribution is 2.26. The maximum Gasteiger partial charge on any atom is 0.198 e. The molecule has 0 bridgehead atoms. The van der Waals surface area contributed by atoms with E-state index in [1.807, 2.05) is 0 Å². The van der Waals surface area contributed by atoms with Gasteiger partial charge in [0.25, 0.3) is 0 Å². The van der Waals surface area contributed by atoms with Gasteiger partial charge in [0.1, 0.15) is 12.0 Å². The Kier molecular flexibility index (Phi) is 3.16. The van der Waals surface area contributed by atoms with Crippen LogP contribution in [0.5, 0.6) is 0 Å². The first kappa shape index (κ1) is 10.4. The second kappa shape index (κ2) is 4.57. The van der Waals surface area contributed by atoms with Gasteiger partial charge in [0, 0.05) is 12.5 Å². The summed E-state index contributed by atoms with van der Waals surface area (Å²) in [5.41, 5.74) is 0. The van der Waals surface area contributed by atoms with Crippen LogP contribution in [-0.2, 0) is 11.2 Å². The zero-order chi connectivity index (χ0) is 10.7. The van der Waals surface area contributed by atoms with Gasteiger partial charge in [-0.15, -0.1) is 0 Å². The molecule has 1 aromatic rings. The molecule has 2 heterocycles. The van der Waals surface area contributed by atoms with Crippen molar-refractivity contribution in [2.75, 3.05) is 19.6 Å². The van der Waals surface area contributed by atoms with E-state index in [9.17, 15) is 4.79 Å². The Morgan fingerprint density at radius 1 is 1.73 bits per heavy atom. The number of carbonyl (C=O) groups is 1. The molecule has 0 saturated carbocycles. The van der Waals surface area contributed by atoms with Crippen LogP contribution in [0.3, 0.4) is 0 Å². The number of nitrogens with zero attached hydrogens (tertiary/aromatic N) is 2. The van der Waals surface area contributed by atoms with Crippen LogP contribution in [-0.4, -0.2) is 35.8 Å². The number of oxazole rings is 1.